The Morgan fingerprint density at radius 2 is 1.89 bits per heavy atom. The van der Waals surface area contributed by atoms with Crippen LogP contribution in [0.3, 0.4) is 0 Å². The zero-order valence-corrected chi connectivity index (χ0v) is 15.7. The smallest absolute Gasteiger partial charge is 0.261 e. The van der Waals surface area contributed by atoms with Crippen LogP contribution in [0.25, 0.3) is 0 Å². The van der Waals surface area contributed by atoms with Crippen LogP contribution in [0.15, 0.2) is 30.5 Å². The molecule has 1 aromatic carbocycles. The van der Waals surface area contributed by atoms with Gasteiger partial charge in [-0.2, -0.15) is 4.98 Å². The largest absolute Gasteiger partial charge is 0.369 e. The van der Waals surface area contributed by atoms with Crippen molar-refractivity contribution in [3.8, 4) is 11.8 Å². The predicted molar refractivity (Wildman–Crippen MR) is 104 cm³/mol. The molecule has 0 saturated carbocycles. The summed E-state index contributed by atoms with van der Waals surface area (Å²) in [4.78, 5) is 34.0. The monoisotopic (exact) mass is 382 g/mol. The van der Waals surface area contributed by atoms with E-state index in [0.29, 0.717) is 41.9 Å². The van der Waals surface area contributed by atoms with Crippen molar-refractivity contribution < 1.29 is 9.59 Å². The Kier molecular flexibility index (Phi) is 6.05. The predicted octanol–water partition coefficient (Wildman–Crippen LogP) is 3.38. The van der Waals surface area contributed by atoms with Crippen LogP contribution in [-0.2, 0) is 0 Å². The van der Waals surface area contributed by atoms with Gasteiger partial charge >= 0.3 is 0 Å². The Labute approximate surface area is 163 Å². The minimum atomic E-state index is -0.235. The maximum atomic E-state index is 12.3. The summed E-state index contributed by atoms with van der Waals surface area (Å²) in [5.74, 6) is 6.22. The third kappa shape index (κ3) is 4.26. The van der Waals surface area contributed by atoms with Crippen LogP contribution >= 0.6 is 11.6 Å². The average Bonchev–Trinajstić information content (AvgIpc) is 2.92. The summed E-state index contributed by atoms with van der Waals surface area (Å²) in [5.41, 5.74) is 1.62. The number of unbranched alkanes of at least 4 members (excludes halogenated alkanes) is 1. The van der Waals surface area contributed by atoms with Crippen LogP contribution in [0.1, 0.15) is 52.5 Å². The van der Waals surface area contributed by atoms with Crippen molar-refractivity contribution >= 4 is 29.2 Å². The highest BCUT2D eigenvalue weighted by Crippen LogP contribution is 2.22. The van der Waals surface area contributed by atoms with Gasteiger partial charge in [-0.15, -0.1) is 0 Å². The molecule has 1 aromatic heterocycles. The van der Waals surface area contributed by atoms with Crippen LogP contribution in [0.5, 0.6) is 0 Å². The molecule has 0 spiro atoms. The molecule has 2 aromatic rings. The summed E-state index contributed by atoms with van der Waals surface area (Å²) in [6.45, 7) is 3.17. The normalized spacial score (nSPS) is 12.6. The highest BCUT2D eigenvalue weighted by atomic mass is 35.5. The second kappa shape index (κ2) is 8.65. The Balaban J connectivity index is 1.58. The van der Waals surface area contributed by atoms with Gasteiger partial charge in [0, 0.05) is 25.7 Å². The number of carbonyl (C=O) groups is 2. The number of hydrogen-bond donors (Lipinski definition) is 1. The molecule has 1 N–H and O–H groups in total. The number of halogens is 1. The zero-order valence-electron chi connectivity index (χ0n) is 15.0. The zero-order chi connectivity index (χ0) is 19.2. The summed E-state index contributed by atoms with van der Waals surface area (Å²) in [7, 11) is 0. The van der Waals surface area contributed by atoms with Crippen molar-refractivity contribution in [3.63, 3.8) is 0 Å². The molecule has 3 rings (SSSR count). The van der Waals surface area contributed by atoms with Gasteiger partial charge in [-0.05, 0) is 36.6 Å². The number of nitrogens with one attached hydrogen (secondary N) is 1. The number of rotatable bonds is 6. The van der Waals surface area contributed by atoms with Crippen molar-refractivity contribution in [2.75, 3.05) is 18.4 Å². The highest BCUT2D eigenvalue weighted by Gasteiger charge is 2.34. The van der Waals surface area contributed by atoms with E-state index in [4.69, 9.17) is 11.6 Å². The topological polar surface area (TPSA) is 75.2 Å². The molecule has 0 saturated heterocycles. The van der Waals surface area contributed by atoms with Crippen molar-refractivity contribution in [2.24, 2.45) is 0 Å². The van der Waals surface area contributed by atoms with Gasteiger partial charge in [0.15, 0.2) is 0 Å². The summed E-state index contributed by atoms with van der Waals surface area (Å²) in [6, 6.07) is 6.89. The van der Waals surface area contributed by atoms with Crippen molar-refractivity contribution in [3.05, 3.63) is 52.4 Å². The Morgan fingerprint density at radius 3 is 2.56 bits per heavy atom. The van der Waals surface area contributed by atoms with E-state index < -0.39 is 0 Å². The number of nitrogens with zero attached hydrogens (tertiary/aromatic N) is 3. The quantitative estimate of drug-likeness (QED) is 0.359. The van der Waals surface area contributed by atoms with Gasteiger partial charge in [0.05, 0.1) is 16.7 Å². The number of aromatic nitrogens is 2. The van der Waals surface area contributed by atoms with Gasteiger partial charge in [0.2, 0.25) is 5.28 Å². The first-order chi connectivity index (χ1) is 13.1. The van der Waals surface area contributed by atoms with E-state index in [2.05, 4.69) is 34.0 Å². The van der Waals surface area contributed by atoms with Gasteiger partial charge in [0.1, 0.15) is 5.82 Å². The number of amides is 2. The molecule has 1 aliphatic heterocycles. The number of anilines is 1. The molecule has 6 nitrogen and oxygen atoms in total. The second-order valence-electron chi connectivity index (χ2n) is 6.04. The first-order valence-corrected chi connectivity index (χ1v) is 9.20. The lowest BCUT2D eigenvalue weighted by molar-refractivity contribution is 0.0653. The van der Waals surface area contributed by atoms with Gasteiger partial charge in [-0.25, -0.2) is 4.98 Å². The summed E-state index contributed by atoms with van der Waals surface area (Å²) in [6.07, 6.45) is 3.69. The molecule has 7 heteroatoms. The molecule has 1 aliphatic rings. The summed E-state index contributed by atoms with van der Waals surface area (Å²) < 4.78 is 0. The van der Waals surface area contributed by atoms with Crippen LogP contribution in [0.4, 0.5) is 5.82 Å². The molecule has 0 bridgehead atoms. The molecule has 2 heterocycles. The van der Waals surface area contributed by atoms with E-state index >= 15 is 0 Å². The number of carbonyl (C=O) groups excluding carboxylic acids is 2. The fourth-order valence-corrected chi connectivity index (χ4v) is 2.89. The van der Waals surface area contributed by atoms with E-state index in [-0.39, 0.29) is 17.1 Å². The lowest BCUT2D eigenvalue weighted by Crippen LogP contribution is -2.30. The molecule has 0 radical (unpaired) electrons. The summed E-state index contributed by atoms with van der Waals surface area (Å²) >= 11 is 5.84. The standard InChI is InChI=1S/C20H19ClN4O2/c1-2-11-22-17-14(13-23-20(21)24-17)8-4-3-7-12-25-18(26)15-9-5-6-10-16(15)19(25)27/h5-6,9-10,13H,2-3,7,11-12H2,1H3,(H,22,23,24). The molecule has 0 atom stereocenters. The molecular formula is C20H19ClN4O2. The van der Waals surface area contributed by atoms with E-state index in [9.17, 15) is 9.59 Å². The van der Waals surface area contributed by atoms with Crippen LogP contribution in [-0.4, -0.2) is 39.8 Å². The lowest BCUT2D eigenvalue weighted by atomic mass is 10.1. The van der Waals surface area contributed by atoms with E-state index in [1.54, 1.807) is 30.5 Å². The molecule has 2 amide bonds. The number of imide groups is 1. The Morgan fingerprint density at radius 1 is 1.19 bits per heavy atom. The Bertz CT molecular complexity index is 898. The average molecular weight is 383 g/mol. The third-order valence-corrected chi connectivity index (χ3v) is 4.27. The minimum absolute atomic E-state index is 0.171. The van der Waals surface area contributed by atoms with E-state index in [0.717, 1.165) is 13.0 Å². The van der Waals surface area contributed by atoms with E-state index in [1.165, 1.54) is 4.90 Å². The van der Waals surface area contributed by atoms with Crippen molar-refractivity contribution in [2.45, 2.75) is 26.2 Å². The van der Waals surface area contributed by atoms with Gasteiger partial charge in [-0.3, -0.25) is 14.5 Å². The first-order valence-electron chi connectivity index (χ1n) is 8.82. The first kappa shape index (κ1) is 18.9. The number of hydrogen-bond acceptors (Lipinski definition) is 5. The van der Waals surface area contributed by atoms with Gasteiger partial charge in [0.25, 0.3) is 11.8 Å². The fourth-order valence-electron chi connectivity index (χ4n) is 2.76. The maximum absolute atomic E-state index is 12.3. The van der Waals surface area contributed by atoms with Crippen LogP contribution in [0, 0.1) is 11.8 Å². The van der Waals surface area contributed by atoms with Crippen LogP contribution in [0.2, 0.25) is 5.28 Å². The molecule has 0 unspecified atom stereocenters. The third-order valence-electron chi connectivity index (χ3n) is 4.09. The molecule has 0 fully saturated rings. The summed E-state index contributed by atoms with van der Waals surface area (Å²) in [5, 5.41) is 3.35. The fraction of sp³-hybridized carbons (Fsp3) is 0.300. The van der Waals surface area contributed by atoms with Crippen molar-refractivity contribution in [1.82, 2.24) is 14.9 Å². The van der Waals surface area contributed by atoms with Gasteiger partial charge < -0.3 is 5.32 Å². The highest BCUT2D eigenvalue weighted by molar-refractivity contribution is 6.28. The minimum Gasteiger partial charge on any atom is -0.369 e. The van der Waals surface area contributed by atoms with E-state index in [1.807, 2.05) is 0 Å². The van der Waals surface area contributed by atoms with Crippen molar-refractivity contribution in [1.29, 1.82) is 0 Å². The number of fused-ring (bicyclic) bond motifs is 1. The maximum Gasteiger partial charge on any atom is 0.261 e. The molecule has 0 aliphatic carbocycles. The SMILES string of the molecule is CCCNc1nc(Cl)ncc1C#CCCCN1C(=O)c2ccccc2C1=O. The molecular weight excluding hydrogens is 364 g/mol. The number of benzene rings is 1. The molecule has 27 heavy (non-hydrogen) atoms. The Hall–Kier alpha value is -2.91. The lowest BCUT2D eigenvalue weighted by Gasteiger charge is -2.12. The second-order valence-corrected chi connectivity index (χ2v) is 6.38. The molecule has 138 valence electrons. The van der Waals surface area contributed by atoms with Crippen LogP contribution < -0.4 is 5.32 Å². The van der Waals surface area contributed by atoms with Gasteiger partial charge in [-0.1, -0.05) is 30.9 Å².